The molecule has 0 unspecified atom stereocenters. The van der Waals surface area contributed by atoms with Crippen LogP contribution in [0.5, 0.6) is 0 Å². The second kappa shape index (κ2) is 13.8. The average Bonchev–Trinajstić information content (AvgIpc) is 3.66. The van der Waals surface area contributed by atoms with E-state index in [0.717, 1.165) is 100.0 Å². The van der Waals surface area contributed by atoms with Crippen LogP contribution in [0.3, 0.4) is 0 Å². The number of rotatable bonds is 7. The van der Waals surface area contributed by atoms with Crippen LogP contribution >= 0.6 is 0 Å². The number of furan rings is 1. The van der Waals surface area contributed by atoms with Gasteiger partial charge in [0.05, 0.1) is 11.9 Å². The van der Waals surface area contributed by atoms with Gasteiger partial charge in [-0.05, 0) is 91.2 Å². The Labute approximate surface area is 319 Å². The van der Waals surface area contributed by atoms with Crippen LogP contribution in [0.25, 0.3) is 100.0 Å². The second-order valence-corrected chi connectivity index (χ2v) is 13.6. The summed E-state index contributed by atoms with van der Waals surface area (Å²) in [6, 6.07) is 68.3. The summed E-state index contributed by atoms with van der Waals surface area (Å²) in [5.41, 5.74) is 16.5. The van der Waals surface area contributed by atoms with Gasteiger partial charge in [0.2, 0.25) is 0 Å². The van der Waals surface area contributed by atoms with Crippen molar-refractivity contribution in [2.75, 3.05) is 0 Å². The molecule has 0 aliphatic carbocycles. The van der Waals surface area contributed by atoms with Gasteiger partial charge < -0.3 is 4.42 Å². The molecule has 0 aliphatic rings. The van der Waals surface area contributed by atoms with Gasteiger partial charge in [0, 0.05) is 27.5 Å². The van der Waals surface area contributed by atoms with Crippen LogP contribution in [0.1, 0.15) is 0 Å². The Kier molecular flexibility index (Phi) is 8.12. The SMILES string of the molecule is c1ccc(-c2ccccc2-c2ccc3oc4ccccc4c3c2-c2c(-c3ccccc3)cc(-c3ccccc3)c(-c3ccccc3)c2-c2ccnnn2)cc1. The van der Waals surface area contributed by atoms with Crippen molar-refractivity contribution in [2.45, 2.75) is 0 Å². The normalized spacial score (nSPS) is 11.3. The van der Waals surface area contributed by atoms with Gasteiger partial charge in [-0.1, -0.05) is 164 Å². The third kappa shape index (κ3) is 5.68. The molecule has 4 heteroatoms. The number of benzene rings is 8. The zero-order valence-corrected chi connectivity index (χ0v) is 29.8. The van der Waals surface area contributed by atoms with Crippen molar-refractivity contribution in [3.63, 3.8) is 0 Å². The molecule has 4 nitrogen and oxygen atoms in total. The van der Waals surface area contributed by atoms with E-state index in [1.54, 1.807) is 6.20 Å². The van der Waals surface area contributed by atoms with E-state index in [0.29, 0.717) is 0 Å². The van der Waals surface area contributed by atoms with E-state index in [1.165, 1.54) is 0 Å². The molecule has 10 aromatic rings. The molecule has 55 heavy (non-hydrogen) atoms. The van der Waals surface area contributed by atoms with Crippen molar-refractivity contribution in [2.24, 2.45) is 0 Å². The van der Waals surface area contributed by atoms with Gasteiger partial charge in [0.15, 0.2) is 0 Å². The van der Waals surface area contributed by atoms with Gasteiger partial charge in [-0.2, -0.15) is 0 Å². The first kappa shape index (κ1) is 32.2. The summed E-state index contributed by atoms with van der Waals surface area (Å²) in [6.07, 6.45) is 1.73. The third-order valence-corrected chi connectivity index (χ3v) is 10.4. The maximum atomic E-state index is 6.68. The van der Waals surface area contributed by atoms with E-state index in [2.05, 4.69) is 192 Å². The monoisotopic (exact) mass is 703 g/mol. The van der Waals surface area contributed by atoms with Crippen LogP contribution in [0.4, 0.5) is 0 Å². The van der Waals surface area contributed by atoms with Crippen LogP contribution in [0, 0.1) is 0 Å². The first-order valence-corrected chi connectivity index (χ1v) is 18.4. The highest BCUT2D eigenvalue weighted by Crippen LogP contribution is 2.54. The summed E-state index contributed by atoms with van der Waals surface area (Å²) in [5, 5.41) is 15.3. The average molecular weight is 704 g/mol. The number of para-hydroxylation sites is 1. The fourth-order valence-electron chi connectivity index (χ4n) is 8.06. The Balaban J connectivity index is 1.47. The lowest BCUT2D eigenvalue weighted by Gasteiger charge is -2.26. The lowest BCUT2D eigenvalue weighted by molar-refractivity contribution is 0.669. The van der Waals surface area contributed by atoms with E-state index in [1.807, 2.05) is 12.1 Å². The van der Waals surface area contributed by atoms with Gasteiger partial charge in [-0.15, -0.1) is 10.2 Å². The molecule has 0 bridgehead atoms. The van der Waals surface area contributed by atoms with Crippen molar-refractivity contribution in [3.8, 4) is 78.0 Å². The molecule has 0 atom stereocenters. The summed E-state index contributed by atoms with van der Waals surface area (Å²) in [4.78, 5) is 0. The Morgan fingerprint density at radius 3 is 1.53 bits per heavy atom. The zero-order valence-electron chi connectivity index (χ0n) is 29.8. The molecule has 8 aromatic carbocycles. The highest BCUT2D eigenvalue weighted by molar-refractivity contribution is 6.21. The minimum atomic E-state index is 0.728. The molecule has 0 amide bonds. The fourth-order valence-corrected chi connectivity index (χ4v) is 8.06. The van der Waals surface area contributed by atoms with Crippen LogP contribution in [-0.2, 0) is 0 Å². The smallest absolute Gasteiger partial charge is 0.136 e. The molecule has 10 rings (SSSR count). The van der Waals surface area contributed by atoms with Crippen LogP contribution < -0.4 is 0 Å². The van der Waals surface area contributed by atoms with Gasteiger partial charge in [0.1, 0.15) is 11.2 Å². The summed E-state index contributed by atoms with van der Waals surface area (Å²) in [6.45, 7) is 0. The van der Waals surface area contributed by atoms with Crippen molar-refractivity contribution in [3.05, 3.63) is 200 Å². The van der Waals surface area contributed by atoms with Crippen molar-refractivity contribution in [1.29, 1.82) is 0 Å². The van der Waals surface area contributed by atoms with Crippen molar-refractivity contribution >= 4 is 21.9 Å². The van der Waals surface area contributed by atoms with Gasteiger partial charge in [0.25, 0.3) is 0 Å². The fraction of sp³-hybridized carbons (Fsp3) is 0. The summed E-state index contributed by atoms with van der Waals surface area (Å²) >= 11 is 0. The minimum Gasteiger partial charge on any atom is -0.456 e. The Morgan fingerprint density at radius 2 is 0.891 bits per heavy atom. The van der Waals surface area contributed by atoms with Crippen LogP contribution in [0.2, 0.25) is 0 Å². The quantitative estimate of drug-likeness (QED) is 0.166. The zero-order chi connectivity index (χ0) is 36.6. The topological polar surface area (TPSA) is 51.8 Å². The van der Waals surface area contributed by atoms with E-state index in [-0.39, 0.29) is 0 Å². The van der Waals surface area contributed by atoms with E-state index in [4.69, 9.17) is 9.52 Å². The molecule has 0 fully saturated rings. The third-order valence-electron chi connectivity index (χ3n) is 10.4. The maximum absolute atomic E-state index is 6.68. The van der Waals surface area contributed by atoms with Crippen molar-refractivity contribution < 1.29 is 4.42 Å². The van der Waals surface area contributed by atoms with Crippen molar-refractivity contribution in [1.82, 2.24) is 15.4 Å². The standard InChI is InChI=1S/C51H33N3O/c1-5-17-34(18-6-1)38-25-13-14-26-39(38)40-29-30-46-48(41-27-15-16-28-45(41)55-46)49(40)50-43(36-21-9-3-10-22-36)33-42(35-19-7-2-8-20-35)47(37-23-11-4-12-24-37)51(50)44-31-32-52-54-53-44/h1-33H. The minimum absolute atomic E-state index is 0.728. The predicted molar refractivity (Wildman–Crippen MR) is 225 cm³/mol. The van der Waals surface area contributed by atoms with E-state index in [9.17, 15) is 0 Å². The largest absolute Gasteiger partial charge is 0.456 e. The van der Waals surface area contributed by atoms with Gasteiger partial charge >= 0.3 is 0 Å². The van der Waals surface area contributed by atoms with Crippen LogP contribution in [-0.4, -0.2) is 15.4 Å². The Bertz CT molecular complexity index is 2940. The molecule has 0 saturated carbocycles. The maximum Gasteiger partial charge on any atom is 0.136 e. The highest BCUT2D eigenvalue weighted by Gasteiger charge is 2.29. The molecule has 0 spiro atoms. The number of aromatic nitrogens is 3. The first-order chi connectivity index (χ1) is 27.3. The molecule has 2 heterocycles. The second-order valence-electron chi connectivity index (χ2n) is 13.6. The van der Waals surface area contributed by atoms with E-state index < -0.39 is 0 Å². The predicted octanol–water partition coefficient (Wildman–Crippen LogP) is 13.4. The number of hydrogen-bond donors (Lipinski definition) is 0. The lowest BCUT2D eigenvalue weighted by Crippen LogP contribution is -2.02. The molecule has 0 aliphatic heterocycles. The summed E-state index contributed by atoms with van der Waals surface area (Å²) in [5.74, 6) is 0. The van der Waals surface area contributed by atoms with E-state index >= 15 is 0 Å². The summed E-state index contributed by atoms with van der Waals surface area (Å²) in [7, 11) is 0. The molecule has 0 saturated heterocycles. The molecular formula is C51H33N3O. The molecule has 2 aromatic heterocycles. The molecule has 258 valence electrons. The number of nitrogens with zero attached hydrogens (tertiary/aromatic N) is 3. The lowest BCUT2D eigenvalue weighted by atomic mass is 9.77. The number of fused-ring (bicyclic) bond motifs is 3. The Hall–Kier alpha value is -7.43. The molecule has 0 N–H and O–H groups in total. The molecule has 0 radical (unpaired) electrons. The highest BCUT2D eigenvalue weighted by atomic mass is 16.3. The van der Waals surface area contributed by atoms with Crippen LogP contribution in [0.15, 0.2) is 205 Å². The summed E-state index contributed by atoms with van der Waals surface area (Å²) < 4.78 is 6.68. The van der Waals surface area contributed by atoms with Gasteiger partial charge in [-0.25, -0.2) is 0 Å². The Morgan fingerprint density at radius 1 is 0.345 bits per heavy atom. The first-order valence-electron chi connectivity index (χ1n) is 18.4. The molecular weight excluding hydrogens is 671 g/mol. The number of hydrogen-bond acceptors (Lipinski definition) is 4. The van der Waals surface area contributed by atoms with Gasteiger partial charge in [-0.3, -0.25) is 0 Å².